The van der Waals surface area contributed by atoms with E-state index in [9.17, 15) is 34.6 Å². The molecule has 1 heterocycles. The first kappa shape index (κ1) is 25.7. The number of hydrogen-bond acceptors (Lipinski definition) is 9. The molecule has 0 radical (unpaired) electrons. The molecular formula is C24H14BrN3O8S. The molecule has 186 valence electrons. The number of ether oxygens (including phenoxy) is 1. The largest absolute Gasteiger partial charge is 0.423 e. The molecule has 0 N–H and O–H groups in total. The Morgan fingerprint density at radius 3 is 2.30 bits per heavy atom. The normalized spacial score (nSPS) is 14.2. The van der Waals surface area contributed by atoms with E-state index in [2.05, 4.69) is 15.9 Å². The highest BCUT2D eigenvalue weighted by Gasteiger charge is 2.35. The van der Waals surface area contributed by atoms with E-state index < -0.39 is 38.3 Å². The van der Waals surface area contributed by atoms with Crippen molar-refractivity contribution in [2.45, 2.75) is 6.54 Å². The van der Waals surface area contributed by atoms with Crippen LogP contribution in [0.5, 0.6) is 5.75 Å². The van der Waals surface area contributed by atoms with E-state index in [4.69, 9.17) is 4.74 Å². The van der Waals surface area contributed by atoms with Crippen molar-refractivity contribution < 1.29 is 29.0 Å². The molecule has 11 nitrogen and oxygen atoms in total. The second kappa shape index (κ2) is 10.7. The molecule has 0 atom stereocenters. The second-order valence-electron chi connectivity index (χ2n) is 7.57. The Labute approximate surface area is 221 Å². The van der Waals surface area contributed by atoms with Crippen molar-refractivity contribution >= 4 is 62.3 Å². The Bertz CT molecular complexity index is 1470. The zero-order chi connectivity index (χ0) is 26.7. The van der Waals surface area contributed by atoms with Crippen LogP contribution < -0.4 is 4.74 Å². The maximum Gasteiger partial charge on any atom is 0.344 e. The number of halogens is 1. The molecule has 0 unspecified atom stereocenters. The Balaban J connectivity index is 1.53. The minimum atomic E-state index is -1.04. The molecule has 1 aliphatic heterocycles. The second-order valence-corrected chi connectivity index (χ2v) is 9.42. The molecular weight excluding hydrogens is 570 g/mol. The van der Waals surface area contributed by atoms with Gasteiger partial charge in [0.15, 0.2) is 0 Å². The smallest absolute Gasteiger partial charge is 0.344 e. The van der Waals surface area contributed by atoms with Crippen LogP contribution in [0, 0.1) is 20.2 Å². The molecule has 4 rings (SSSR count). The molecule has 1 aliphatic rings. The first-order valence-electron chi connectivity index (χ1n) is 10.4. The summed E-state index contributed by atoms with van der Waals surface area (Å²) in [4.78, 5) is 59.6. The number of hydrogen-bond donors (Lipinski definition) is 0. The van der Waals surface area contributed by atoms with Crippen LogP contribution in [-0.4, -0.2) is 31.9 Å². The predicted octanol–water partition coefficient (Wildman–Crippen LogP) is 5.72. The van der Waals surface area contributed by atoms with Crippen molar-refractivity contribution in [3.8, 4) is 5.75 Å². The lowest BCUT2D eigenvalue weighted by Gasteiger charge is -2.13. The number of thioether (sulfide) groups is 1. The van der Waals surface area contributed by atoms with Gasteiger partial charge in [-0.15, -0.1) is 0 Å². The van der Waals surface area contributed by atoms with Gasteiger partial charge in [0.05, 0.1) is 32.9 Å². The summed E-state index contributed by atoms with van der Waals surface area (Å²) in [7, 11) is 0. The predicted molar refractivity (Wildman–Crippen MR) is 137 cm³/mol. The number of nitrogens with zero attached hydrogens (tertiary/aromatic N) is 3. The third-order valence-corrected chi connectivity index (χ3v) is 6.77. The van der Waals surface area contributed by atoms with Gasteiger partial charge in [-0.25, -0.2) is 4.79 Å². The van der Waals surface area contributed by atoms with Gasteiger partial charge in [-0.05, 0) is 47.2 Å². The van der Waals surface area contributed by atoms with Crippen molar-refractivity contribution in [1.29, 1.82) is 0 Å². The topological polar surface area (TPSA) is 150 Å². The lowest BCUT2D eigenvalue weighted by atomic mass is 10.1. The van der Waals surface area contributed by atoms with Gasteiger partial charge in [0.25, 0.3) is 22.5 Å². The molecule has 1 saturated heterocycles. The van der Waals surface area contributed by atoms with Crippen LogP contribution in [0.25, 0.3) is 6.08 Å². The molecule has 2 amide bonds. The number of esters is 1. The summed E-state index contributed by atoms with van der Waals surface area (Å²) in [5.41, 5.74) is -0.427. The Morgan fingerprint density at radius 2 is 1.65 bits per heavy atom. The quantitative estimate of drug-likeness (QED) is 0.112. The van der Waals surface area contributed by atoms with Crippen LogP contribution in [-0.2, 0) is 11.3 Å². The molecule has 0 spiro atoms. The van der Waals surface area contributed by atoms with Crippen LogP contribution in [0.3, 0.4) is 0 Å². The van der Waals surface area contributed by atoms with Crippen LogP contribution in [0.2, 0.25) is 0 Å². The molecule has 0 bridgehead atoms. The lowest BCUT2D eigenvalue weighted by molar-refractivity contribution is -0.394. The average Bonchev–Trinajstić information content (AvgIpc) is 3.12. The van der Waals surface area contributed by atoms with E-state index in [-0.39, 0.29) is 22.8 Å². The van der Waals surface area contributed by atoms with Gasteiger partial charge in [0.2, 0.25) is 0 Å². The molecule has 0 aromatic heterocycles. The van der Waals surface area contributed by atoms with Crippen molar-refractivity contribution in [3.05, 3.63) is 113 Å². The van der Waals surface area contributed by atoms with Gasteiger partial charge in [-0.2, -0.15) is 0 Å². The summed E-state index contributed by atoms with van der Waals surface area (Å²) < 4.78 is 6.01. The SMILES string of the molecule is O=C(Oc1cccc(/C=C2\SC(=O)N(Cc3ccccc3Br)C2=O)c1)c1cc([N+](=O)[O-])cc([N+](=O)[O-])c1. The van der Waals surface area contributed by atoms with Crippen molar-refractivity contribution in [3.63, 3.8) is 0 Å². The van der Waals surface area contributed by atoms with Crippen molar-refractivity contribution in [2.24, 2.45) is 0 Å². The minimum Gasteiger partial charge on any atom is -0.423 e. The maximum absolute atomic E-state index is 12.9. The van der Waals surface area contributed by atoms with Crippen molar-refractivity contribution in [1.82, 2.24) is 4.90 Å². The molecule has 0 aliphatic carbocycles. The number of rotatable bonds is 7. The minimum absolute atomic E-state index is 0.0281. The number of carbonyl (C=O) groups is 3. The van der Waals surface area contributed by atoms with Crippen LogP contribution in [0.15, 0.2) is 76.1 Å². The molecule has 37 heavy (non-hydrogen) atoms. The first-order chi connectivity index (χ1) is 17.6. The lowest BCUT2D eigenvalue weighted by Crippen LogP contribution is -2.27. The highest BCUT2D eigenvalue weighted by atomic mass is 79.9. The van der Waals surface area contributed by atoms with Crippen LogP contribution in [0.4, 0.5) is 16.2 Å². The third-order valence-electron chi connectivity index (χ3n) is 5.09. The van der Waals surface area contributed by atoms with Crippen molar-refractivity contribution in [2.75, 3.05) is 0 Å². The summed E-state index contributed by atoms with van der Waals surface area (Å²) in [6, 6.07) is 15.7. The molecule has 1 fully saturated rings. The number of amides is 2. The fraction of sp³-hybridized carbons (Fsp3) is 0.0417. The summed E-state index contributed by atoms with van der Waals surface area (Å²) in [5, 5.41) is 21.7. The number of imide groups is 1. The number of non-ortho nitro benzene ring substituents is 2. The van der Waals surface area contributed by atoms with Gasteiger partial charge < -0.3 is 4.74 Å². The number of nitro groups is 2. The number of nitro benzene ring substituents is 2. The van der Waals surface area contributed by atoms with Gasteiger partial charge in [-0.3, -0.25) is 34.7 Å². The Morgan fingerprint density at radius 1 is 0.973 bits per heavy atom. The van der Waals surface area contributed by atoms with Crippen LogP contribution >= 0.6 is 27.7 Å². The van der Waals surface area contributed by atoms with Gasteiger partial charge in [-0.1, -0.05) is 46.3 Å². The van der Waals surface area contributed by atoms with E-state index in [0.29, 0.717) is 5.56 Å². The fourth-order valence-corrected chi connectivity index (χ4v) is 4.59. The van der Waals surface area contributed by atoms with E-state index in [1.165, 1.54) is 24.3 Å². The Kier molecular flexibility index (Phi) is 7.45. The number of benzene rings is 3. The van der Waals surface area contributed by atoms with E-state index >= 15 is 0 Å². The molecule has 3 aromatic carbocycles. The summed E-state index contributed by atoms with van der Waals surface area (Å²) in [6.07, 6.45) is 1.47. The number of carbonyl (C=O) groups excluding carboxylic acids is 3. The van der Waals surface area contributed by atoms with Gasteiger partial charge in [0.1, 0.15) is 5.75 Å². The first-order valence-corrected chi connectivity index (χ1v) is 12.0. The summed E-state index contributed by atoms with van der Waals surface area (Å²) in [5.74, 6) is -1.49. The highest BCUT2D eigenvalue weighted by molar-refractivity contribution is 9.10. The fourth-order valence-electron chi connectivity index (χ4n) is 3.34. The third kappa shape index (κ3) is 5.90. The molecule has 3 aromatic rings. The average molecular weight is 584 g/mol. The highest BCUT2D eigenvalue weighted by Crippen LogP contribution is 2.34. The molecule has 13 heteroatoms. The monoisotopic (exact) mass is 583 g/mol. The maximum atomic E-state index is 12.9. The van der Waals surface area contributed by atoms with Gasteiger partial charge >= 0.3 is 5.97 Å². The zero-order valence-corrected chi connectivity index (χ0v) is 20.9. The molecule has 0 saturated carbocycles. The van der Waals surface area contributed by atoms with Crippen LogP contribution in [0.1, 0.15) is 21.5 Å². The van der Waals surface area contributed by atoms with E-state index in [1.807, 2.05) is 12.1 Å². The Hall–Kier alpha value is -4.36. The summed E-state index contributed by atoms with van der Waals surface area (Å²) >= 11 is 4.17. The zero-order valence-electron chi connectivity index (χ0n) is 18.5. The van der Waals surface area contributed by atoms with Gasteiger partial charge in [0, 0.05) is 16.6 Å². The van der Waals surface area contributed by atoms with E-state index in [1.54, 1.807) is 18.2 Å². The summed E-state index contributed by atoms with van der Waals surface area (Å²) in [6.45, 7) is 0.0937. The van der Waals surface area contributed by atoms with E-state index in [0.717, 1.165) is 44.9 Å². The standard InChI is InChI=1S/C24H14BrN3O8S/c25-20-7-2-1-5-15(20)13-26-22(29)21(37-24(26)31)9-14-4-3-6-19(8-14)36-23(30)16-10-17(27(32)33)12-18(11-16)28(34)35/h1-12H,13H2/b21-9-.